The van der Waals surface area contributed by atoms with Gasteiger partial charge in [0, 0.05) is 0 Å². The molecule has 0 fully saturated rings. The normalized spacial score (nSPS) is 26.5. The molecule has 6 heteroatoms. The topological polar surface area (TPSA) is 67.5 Å². The van der Waals surface area contributed by atoms with Gasteiger partial charge in [0.25, 0.3) is 0 Å². The quantitative estimate of drug-likeness (QED) is 0.753. The zero-order valence-corrected chi connectivity index (χ0v) is 10.3. The molecule has 1 amide bonds. The van der Waals surface area contributed by atoms with Crippen molar-refractivity contribution in [3.63, 3.8) is 0 Å². The third-order valence-corrected chi connectivity index (χ3v) is 2.96. The summed E-state index contributed by atoms with van der Waals surface area (Å²) >= 11 is 0. The van der Waals surface area contributed by atoms with Gasteiger partial charge < -0.3 is 5.73 Å². The Morgan fingerprint density at radius 1 is 1.24 bits per heavy atom. The van der Waals surface area contributed by atoms with Crippen LogP contribution < -0.4 is 11.2 Å². The summed E-state index contributed by atoms with van der Waals surface area (Å²) in [4.78, 5) is 11.7. The molecule has 0 aromatic heterocycles. The number of hydrogen-bond acceptors (Lipinski definition) is 3. The van der Waals surface area contributed by atoms with Crippen LogP contribution in [0.4, 0.5) is 0 Å². The molecule has 3 N–H and O–H groups in total. The van der Waals surface area contributed by atoms with Crippen LogP contribution in [0.15, 0.2) is 52.8 Å². The summed E-state index contributed by atoms with van der Waals surface area (Å²) in [5.74, 6) is -0.391. The number of amides is 1. The van der Waals surface area contributed by atoms with Crippen LogP contribution in [-0.4, -0.2) is 11.6 Å². The minimum absolute atomic E-state index is 0. The number of hydrogen-bond donors (Lipinski definition) is 2. The molecule has 0 saturated carbocycles. The highest BCUT2D eigenvalue weighted by atomic mass is 35.5. The van der Waals surface area contributed by atoms with E-state index in [2.05, 4.69) is 10.5 Å². The standard InChI is InChI=1S/C11H9N3O.2ClH/c12-10(15)11-7-3-1-5-8(11)13-14-9(11)6-2-4-7;;/h1-6,13H,(H2,12,15);2*1H. The summed E-state index contributed by atoms with van der Waals surface area (Å²) in [7, 11) is 0. The maximum absolute atomic E-state index is 11.7. The first kappa shape index (κ1) is 13.5. The Balaban J connectivity index is 0.000000722. The number of halogens is 2. The molecule has 0 radical (unpaired) electrons. The number of rotatable bonds is 1. The van der Waals surface area contributed by atoms with Crippen molar-refractivity contribution in [3.8, 4) is 0 Å². The van der Waals surface area contributed by atoms with Crippen LogP contribution >= 0.6 is 24.8 Å². The van der Waals surface area contributed by atoms with Crippen molar-refractivity contribution < 1.29 is 4.79 Å². The van der Waals surface area contributed by atoms with Crippen LogP contribution in [0, 0.1) is 5.41 Å². The zero-order chi connectivity index (χ0) is 10.5. The lowest BCUT2D eigenvalue weighted by Crippen LogP contribution is -2.46. The maximum Gasteiger partial charge on any atom is 0.240 e. The van der Waals surface area contributed by atoms with Crippen molar-refractivity contribution in [2.75, 3.05) is 0 Å². The van der Waals surface area contributed by atoms with E-state index in [0.29, 0.717) is 5.71 Å². The maximum atomic E-state index is 11.7. The van der Waals surface area contributed by atoms with Gasteiger partial charge in [-0.1, -0.05) is 24.3 Å². The van der Waals surface area contributed by atoms with Crippen molar-refractivity contribution in [1.29, 1.82) is 0 Å². The van der Waals surface area contributed by atoms with Crippen LogP contribution in [0.1, 0.15) is 0 Å². The third-order valence-electron chi connectivity index (χ3n) is 2.96. The summed E-state index contributed by atoms with van der Waals surface area (Å²) in [6, 6.07) is 0. The molecule has 0 bridgehead atoms. The third kappa shape index (κ3) is 1.45. The summed E-state index contributed by atoms with van der Waals surface area (Å²) in [6.45, 7) is 0. The number of carbonyl (C=O) groups is 1. The number of hydrazone groups is 1. The highest BCUT2D eigenvalue weighted by Crippen LogP contribution is 2.44. The van der Waals surface area contributed by atoms with E-state index in [1.807, 2.05) is 30.4 Å². The van der Waals surface area contributed by atoms with Gasteiger partial charge in [-0.05, 0) is 17.7 Å². The summed E-state index contributed by atoms with van der Waals surface area (Å²) in [5, 5.41) is 4.12. The fourth-order valence-corrected chi connectivity index (χ4v) is 2.25. The lowest BCUT2D eigenvalue weighted by molar-refractivity contribution is -0.121. The van der Waals surface area contributed by atoms with Crippen LogP contribution in [0.25, 0.3) is 0 Å². The Labute approximate surface area is 111 Å². The van der Waals surface area contributed by atoms with Crippen molar-refractivity contribution in [1.82, 2.24) is 5.43 Å². The van der Waals surface area contributed by atoms with E-state index in [9.17, 15) is 4.79 Å². The molecule has 2 aliphatic carbocycles. The van der Waals surface area contributed by atoms with Gasteiger partial charge in [0.15, 0.2) is 5.41 Å². The van der Waals surface area contributed by atoms with Gasteiger partial charge in [-0.15, -0.1) is 24.8 Å². The Kier molecular flexibility index (Phi) is 3.50. The molecule has 3 rings (SSSR count). The highest BCUT2D eigenvalue weighted by molar-refractivity contribution is 6.21. The average Bonchev–Trinajstić information content (AvgIpc) is 2.61. The number of allylic oxidation sites excluding steroid dienone is 6. The van der Waals surface area contributed by atoms with Crippen LogP contribution in [0.2, 0.25) is 0 Å². The molecule has 0 aromatic rings. The highest BCUT2D eigenvalue weighted by Gasteiger charge is 2.52. The Morgan fingerprint density at radius 3 is 2.65 bits per heavy atom. The monoisotopic (exact) mass is 271 g/mol. The first-order chi connectivity index (χ1) is 7.26. The van der Waals surface area contributed by atoms with E-state index in [1.54, 1.807) is 6.08 Å². The average molecular weight is 272 g/mol. The molecule has 3 aliphatic rings. The predicted molar refractivity (Wildman–Crippen MR) is 71.1 cm³/mol. The molecule has 0 saturated heterocycles. The number of nitrogens with zero attached hydrogens (tertiary/aromatic N) is 1. The van der Waals surface area contributed by atoms with Gasteiger partial charge in [0.2, 0.25) is 5.91 Å². The molecule has 90 valence electrons. The van der Waals surface area contributed by atoms with Gasteiger partial charge in [-0.3, -0.25) is 10.2 Å². The van der Waals surface area contributed by atoms with E-state index in [1.165, 1.54) is 0 Å². The number of nitrogens with one attached hydrogen (secondary N) is 1. The smallest absolute Gasteiger partial charge is 0.240 e. The lowest BCUT2D eigenvalue weighted by Gasteiger charge is -2.31. The van der Waals surface area contributed by atoms with E-state index in [-0.39, 0.29) is 24.8 Å². The van der Waals surface area contributed by atoms with Crippen LogP contribution in [0.5, 0.6) is 0 Å². The first-order valence-corrected chi connectivity index (χ1v) is 4.68. The second kappa shape index (κ2) is 4.39. The number of primary amides is 1. The van der Waals surface area contributed by atoms with Gasteiger partial charge in [-0.2, -0.15) is 5.10 Å². The second-order valence-corrected chi connectivity index (χ2v) is 3.64. The lowest BCUT2D eigenvalue weighted by atomic mass is 9.69. The molecular weight excluding hydrogens is 261 g/mol. The molecule has 4 nitrogen and oxygen atoms in total. The minimum Gasteiger partial charge on any atom is -0.368 e. The molecule has 1 unspecified atom stereocenters. The van der Waals surface area contributed by atoms with E-state index in [4.69, 9.17) is 5.73 Å². The van der Waals surface area contributed by atoms with Gasteiger partial charge in [-0.25, -0.2) is 0 Å². The number of carbonyl (C=O) groups excluding carboxylic acids is 1. The van der Waals surface area contributed by atoms with Crippen LogP contribution in [-0.2, 0) is 4.79 Å². The van der Waals surface area contributed by atoms with Crippen molar-refractivity contribution in [3.05, 3.63) is 47.7 Å². The SMILES string of the molecule is Cl.Cl.NC(=O)C12C3=CC=CC1=NNC2=CC=C3. The Bertz CT molecular complexity index is 517. The predicted octanol–water partition coefficient (Wildman–Crippen LogP) is 1.21. The molecule has 1 atom stereocenters. The Morgan fingerprint density at radius 2 is 1.94 bits per heavy atom. The largest absolute Gasteiger partial charge is 0.368 e. The summed E-state index contributed by atoms with van der Waals surface area (Å²) in [6.07, 6.45) is 11.2. The van der Waals surface area contributed by atoms with Gasteiger partial charge >= 0.3 is 0 Å². The zero-order valence-electron chi connectivity index (χ0n) is 8.71. The summed E-state index contributed by atoms with van der Waals surface area (Å²) < 4.78 is 0. The molecular formula is C11H11Cl2N3O. The minimum atomic E-state index is -0.872. The first-order valence-electron chi connectivity index (χ1n) is 4.68. The molecule has 0 spiro atoms. The fourth-order valence-electron chi connectivity index (χ4n) is 2.25. The summed E-state index contributed by atoms with van der Waals surface area (Å²) in [5.41, 5.74) is 9.79. The van der Waals surface area contributed by atoms with Crippen molar-refractivity contribution in [2.45, 2.75) is 0 Å². The van der Waals surface area contributed by atoms with Crippen LogP contribution in [0.3, 0.4) is 0 Å². The van der Waals surface area contributed by atoms with E-state index >= 15 is 0 Å². The molecule has 17 heavy (non-hydrogen) atoms. The molecule has 0 aromatic carbocycles. The molecule has 1 heterocycles. The molecule has 1 aliphatic heterocycles. The van der Waals surface area contributed by atoms with E-state index in [0.717, 1.165) is 11.3 Å². The van der Waals surface area contributed by atoms with E-state index < -0.39 is 11.3 Å². The van der Waals surface area contributed by atoms with Gasteiger partial charge in [0.1, 0.15) is 0 Å². The second-order valence-electron chi connectivity index (χ2n) is 3.64. The van der Waals surface area contributed by atoms with Crippen molar-refractivity contribution in [2.24, 2.45) is 16.3 Å². The Hall–Kier alpha value is -1.52. The fraction of sp³-hybridized carbons (Fsp3) is 0.0909. The number of nitrogens with two attached hydrogens (primary N) is 1. The van der Waals surface area contributed by atoms with Crippen molar-refractivity contribution >= 4 is 36.4 Å². The van der Waals surface area contributed by atoms with Gasteiger partial charge in [0.05, 0.1) is 11.4 Å².